The molecule has 0 spiro atoms. The summed E-state index contributed by atoms with van der Waals surface area (Å²) in [5.74, 6) is 0.699. The molecule has 1 rings (SSSR count). The van der Waals surface area contributed by atoms with E-state index in [-0.39, 0.29) is 12.3 Å². The fraction of sp³-hybridized carbons (Fsp3) is 1.00. The zero-order chi connectivity index (χ0) is 12.2. The summed E-state index contributed by atoms with van der Waals surface area (Å²) in [6.45, 7) is 2.56. The van der Waals surface area contributed by atoms with Gasteiger partial charge in [0.05, 0.1) is 5.75 Å². The first-order chi connectivity index (χ1) is 7.45. The van der Waals surface area contributed by atoms with Crippen molar-refractivity contribution in [2.45, 2.75) is 12.8 Å². The highest BCUT2D eigenvalue weighted by Gasteiger charge is 2.27. The molecule has 1 heterocycles. The smallest absolute Gasteiger partial charge is 0.215 e. The maximum absolute atomic E-state index is 11.7. The second-order valence-corrected chi connectivity index (χ2v) is 6.80. The predicted octanol–water partition coefficient (Wildman–Crippen LogP) is -0.451. The van der Waals surface area contributed by atoms with E-state index >= 15 is 0 Å². The van der Waals surface area contributed by atoms with Crippen LogP contribution in [0.1, 0.15) is 12.8 Å². The molecular weight excluding hydrogens is 226 g/mol. The summed E-state index contributed by atoms with van der Waals surface area (Å²) < 4.78 is 25.1. The molecule has 1 saturated heterocycles. The Morgan fingerprint density at radius 1 is 1.31 bits per heavy atom. The third-order valence-corrected chi connectivity index (χ3v) is 4.87. The van der Waals surface area contributed by atoms with Crippen LogP contribution in [0.2, 0.25) is 0 Å². The van der Waals surface area contributed by atoms with Crippen molar-refractivity contribution in [3.05, 3.63) is 0 Å². The van der Waals surface area contributed by atoms with Crippen LogP contribution >= 0.6 is 0 Å². The highest BCUT2D eigenvalue weighted by molar-refractivity contribution is 7.89. The van der Waals surface area contributed by atoms with Crippen LogP contribution in [0, 0.1) is 5.92 Å². The molecular formula is C10H23N3O2S. The highest BCUT2D eigenvalue weighted by atomic mass is 32.2. The van der Waals surface area contributed by atoms with Crippen molar-refractivity contribution >= 4 is 10.0 Å². The molecule has 0 saturated carbocycles. The van der Waals surface area contributed by atoms with Gasteiger partial charge in [0.25, 0.3) is 0 Å². The molecule has 1 fully saturated rings. The molecule has 16 heavy (non-hydrogen) atoms. The molecule has 1 aliphatic heterocycles. The molecule has 1 aliphatic rings. The SMILES string of the molecule is CN(C)CC1CCN(S(=O)(=O)CCN)CC1. The van der Waals surface area contributed by atoms with Crippen molar-refractivity contribution < 1.29 is 8.42 Å². The number of hydrogen-bond donors (Lipinski definition) is 1. The first-order valence-corrected chi connectivity index (χ1v) is 7.39. The molecule has 5 nitrogen and oxygen atoms in total. The molecule has 0 aromatic rings. The summed E-state index contributed by atoms with van der Waals surface area (Å²) in [4.78, 5) is 2.16. The van der Waals surface area contributed by atoms with Crippen LogP contribution in [0.3, 0.4) is 0 Å². The summed E-state index contributed by atoms with van der Waals surface area (Å²) in [6, 6.07) is 0. The van der Waals surface area contributed by atoms with E-state index in [1.807, 2.05) is 0 Å². The van der Waals surface area contributed by atoms with Gasteiger partial charge in [-0.15, -0.1) is 0 Å². The number of piperidine rings is 1. The Labute approximate surface area is 98.6 Å². The fourth-order valence-electron chi connectivity index (χ4n) is 2.16. The van der Waals surface area contributed by atoms with Gasteiger partial charge in [-0.1, -0.05) is 0 Å². The number of nitrogens with two attached hydrogens (primary N) is 1. The minimum absolute atomic E-state index is 0.0747. The molecule has 96 valence electrons. The van der Waals surface area contributed by atoms with Gasteiger partial charge in [-0.2, -0.15) is 0 Å². The van der Waals surface area contributed by atoms with Gasteiger partial charge in [0.15, 0.2) is 0 Å². The average molecular weight is 249 g/mol. The van der Waals surface area contributed by atoms with Crippen LogP contribution in [-0.4, -0.2) is 63.7 Å². The third-order valence-electron chi connectivity index (χ3n) is 2.97. The first-order valence-electron chi connectivity index (χ1n) is 5.78. The lowest BCUT2D eigenvalue weighted by molar-refractivity contribution is 0.225. The molecule has 0 amide bonds. The van der Waals surface area contributed by atoms with Gasteiger partial charge in [0.1, 0.15) is 0 Å². The molecule has 0 unspecified atom stereocenters. The molecule has 0 aromatic heterocycles. The molecule has 2 N–H and O–H groups in total. The number of hydrogen-bond acceptors (Lipinski definition) is 4. The Balaban J connectivity index is 2.43. The van der Waals surface area contributed by atoms with Crippen molar-refractivity contribution in [2.24, 2.45) is 11.7 Å². The van der Waals surface area contributed by atoms with Crippen LogP contribution in [-0.2, 0) is 10.0 Å². The lowest BCUT2D eigenvalue weighted by Gasteiger charge is -2.32. The number of sulfonamides is 1. The monoisotopic (exact) mass is 249 g/mol. The largest absolute Gasteiger partial charge is 0.329 e. The van der Waals surface area contributed by atoms with Crippen molar-refractivity contribution in [3.63, 3.8) is 0 Å². The molecule has 0 bridgehead atoms. The summed E-state index contributed by atoms with van der Waals surface area (Å²) in [5.41, 5.74) is 5.30. The zero-order valence-corrected chi connectivity index (χ0v) is 11.0. The van der Waals surface area contributed by atoms with E-state index < -0.39 is 10.0 Å². The van der Waals surface area contributed by atoms with Crippen LogP contribution in [0.4, 0.5) is 0 Å². The predicted molar refractivity (Wildman–Crippen MR) is 65.7 cm³/mol. The van der Waals surface area contributed by atoms with E-state index in [9.17, 15) is 8.42 Å². The Bertz CT molecular complexity index is 295. The van der Waals surface area contributed by atoms with E-state index in [1.165, 1.54) is 0 Å². The summed E-state index contributed by atoms with van der Waals surface area (Å²) in [7, 11) is 1.02. The molecule has 0 aromatic carbocycles. The Hall–Kier alpha value is -0.170. The Morgan fingerprint density at radius 2 is 1.88 bits per heavy atom. The number of nitrogens with zero attached hydrogens (tertiary/aromatic N) is 2. The van der Waals surface area contributed by atoms with Crippen molar-refractivity contribution in [1.82, 2.24) is 9.21 Å². The molecule has 0 radical (unpaired) electrons. The maximum Gasteiger partial charge on any atom is 0.215 e. The number of rotatable bonds is 5. The lowest BCUT2D eigenvalue weighted by Crippen LogP contribution is -2.42. The van der Waals surface area contributed by atoms with Crippen LogP contribution < -0.4 is 5.73 Å². The summed E-state index contributed by atoms with van der Waals surface area (Å²) in [5, 5.41) is 0. The maximum atomic E-state index is 11.7. The van der Waals surface area contributed by atoms with E-state index in [4.69, 9.17) is 5.73 Å². The van der Waals surface area contributed by atoms with Gasteiger partial charge in [-0.25, -0.2) is 12.7 Å². The van der Waals surface area contributed by atoms with Crippen molar-refractivity contribution in [1.29, 1.82) is 0 Å². The van der Waals surface area contributed by atoms with E-state index in [0.717, 1.165) is 19.4 Å². The van der Waals surface area contributed by atoms with E-state index in [2.05, 4.69) is 19.0 Å². The molecule has 0 aliphatic carbocycles. The van der Waals surface area contributed by atoms with Gasteiger partial charge >= 0.3 is 0 Å². The van der Waals surface area contributed by atoms with Gasteiger partial charge < -0.3 is 10.6 Å². The van der Waals surface area contributed by atoms with Gasteiger partial charge in [-0.05, 0) is 32.9 Å². The zero-order valence-electron chi connectivity index (χ0n) is 10.2. The average Bonchev–Trinajstić information content (AvgIpc) is 2.17. The summed E-state index contributed by atoms with van der Waals surface area (Å²) in [6.07, 6.45) is 1.92. The third kappa shape index (κ3) is 4.01. The minimum atomic E-state index is -3.09. The van der Waals surface area contributed by atoms with Crippen molar-refractivity contribution in [2.75, 3.05) is 46.0 Å². The highest BCUT2D eigenvalue weighted by Crippen LogP contribution is 2.20. The molecule has 6 heteroatoms. The van der Waals surface area contributed by atoms with Gasteiger partial charge in [0.2, 0.25) is 10.0 Å². The Kier molecular flexibility index (Phi) is 5.17. The van der Waals surface area contributed by atoms with Gasteiger partial charge in [-0.3, -0.25) is 0 Å². The van der Waals surface area contributed by atoms with Crippen LogP contribution in [0.25, 0.3) is 0 Å². The van der Waals surface area contributed by atoms with Crippen LogP contribution in [0.15, 0.2) is 0 Å². The fourth-order valence-corrected chi connectivity index (χ4v) is 3.49. The van der Waals surface area contributed by atoms with Crippen LogP contribution in [0.5, 0.6) is 0 Å². The van der Waals surface area contributed by atoms with E-state index in [0.29, 0.717) is 19.0 Å². The lowest BCUT2D eigenvalue weighted by atomic mass is 9.98. The normalized spacial score (nSPS) is 20.5. The quantitative estimate of drug-likeness (QED) is 0.716. The summed E-state index contributed by atoms with van der Waals surface area (Å²) >= 11 is 0. The Morgan fingerprint density at radius 3 is 2.31 bits per heavy atom. The van der Waals surface area contributed by atoms with Gasteiger partial charge in [0, 0.05) is 26.2 Å². The van der Waals surface area contributed by atoms with Crippen molar-refractivity contribution in [3.8, 4) is 0 Å². The second-order valence-electron chi connectivity index (χ2n) is 4.71. The second kappa shape index (κ2) is 5.95. The topological polar surface area (TPSA) is 66.6 Å². The van der Waals surface area contributed by atoms with E-state index in [1.54, 1.807) is 4.31 Å². The first kappa shape index (κ1) is 13.9. The standard InChI is InChI=1S/C10H23N3O2S/c1-12(2)9-10-3-6-13(7-4-10)16(14,15)8-5-11/h10H,3-9,11H2,1-2H3. The molecule has 0 atom stereocenters. The minimum Gasteiger partial charge on any atom is -0.329 e.